The summed E-state index contributed by atoms with van der Waals surface area (Å²) < 4.78 is 52.6. The van der Waals surface area contributed by atoms with E-state index >= 15 is 0 Å². The second-order valence-electron chi connectivity index (χ2n) is 10.5. The van der Waals surface area contributed by atoms with Gasteiger partial charge in [0.1, 0.15) is 48.6 Å². The lowest BCUT2D eigenvalue weighted by atomic mass is 10.0. The topological polar surface area (TPSA) is 180 Å². The van der Waals surface area contributed by atoms with Gasteiger partial charge < -0.3 is 29.9 Å². The first-order valence-corrected chi connectivity index (χ1v) is 15.3. The van der Waals surface area contributed by atoms with E-state index in [1.165, 1.54) is 29.9 Å². The van der Waals surface area contributed by atoms with Crippen molar-refractivity contribution in [1.82, 2.24) is 19.7 Å². The Morgan fingerprint density at radius 2 is 2.02 bits per heavy atom. The highest BCUT2D eigenvalue weighted by Gasteiger charge is 2.89. The summed E-state index contributed by atoms with van der Waals surface area (Å²) in [6.45, 7) is 2.38. The van der Waals surface area contributed by atoms with Crippen molar-refractivity contribution in [3.8, 4) is 5.75 Å². The summed E-state index contributed by atoms with van der Waals surface area (Å²) in [5.74, 6) is -0.399. The number of alkyl halides is 1. The molecule has 228 valence electrons. The molecule has 15 heteroatoms. The number of halogens is 1. The number of benzene rings is 1. The third-order valence-corrected chi connectivity index (χ3v) is 9.30. The SMILES string of the molecule is CCCCCCOC(=O)[C@H](C)NP(=O)(Oc1ccccc1)OC1[C@@]2(CF)O[C@@H](c3ccc4c(N)ncnn34)[C@H](O)[C@@]12O. The van der Waals surface area contributed by atoms with Gasteiger partial charge in [-0.25, -0.2) is 18.5 Å². The molecule has 1 aliphatic heterocycles. The van der Waals surface area contributed by atoms with Gasteiger partial charge in [-0.3, -0.25) is 9.32 Å². The van der Waals surface area contributed by atoms with Crippen LogP contribution >= 0.6 is 7.75 Å². The largest absolute Gasteiger partial charge is 0.465 e. The zero-order valence-electron chi connectivity index (χ0n) is 23.3. The molecule has 5 N–H and O–H groups in total. The van der Waals surface area contributed by atoms with Crippen LogP contribution < -0.4 is 15.3 Å². The van der Waals surface area contributed by atoms with Crippen molar-refractivity contribution >= 4 is 25.1 Å². The highest BCUT2D eigenvalue weighted by molar-refractivity contribution is 7.52. The fraction of sp³-hybridized carbons (Fsp3) is 0.519. The molecule has 13 nitrogen and oxygen atoms in total. The smallest absolute Gasteiger partial charge is 0.459 e. The number of aliphatic hydroxyl groups is 2. The zero-order chi connectivity index (χ0) is 30.1. The Labute approximate surface area is 241 Å². The number of para-hydroxylation sites is 1. The Kier molecular flexibility index (Phi) is 8.57. The van der Waals surface area contributed by atoms with Crippen LogP contribution in [0.1, 0.15) is 51.3 Å². The van der Waals surface area contributed by atoms with Gasteiger partial charge in [0.2, 0.25) is 0 Å². The molecule has 1 aliphatic carbocycles. The number of aliphatic hydroxyl groups excluding tert-OH is 1. The second-order valence-corrected chi connectivity index (χ2v) is 12.1. The van der Waals surface area contributed by atoms with Crippen molar-refractivity contribution in [2.45, 2.75) is 75.1 Å². The number of carbonyl (C=O) groups is 1. The summed E-state index contributed by atoms with van der Waals surface area (Å²) in [4.78, 5) is 16.5. The van der Waals surface area contributed by atoms with Crippen LogP contribution in [0.15, 0.2) is 48.8 Å². The minimum absolute atomic E-state index is 0.122. The van der Waals surface area contributed by atoms with Crippen LogP contribution in [0.5, 0.6) is 5.75 Å². The molecule has 3 heterocycles. The van der Waals surface area contributed by atoms with Crippen molar-refractivity contribution in [3.63, 3.8) is 0 Å². The Morgan fingerprint density at radius 3 is 2.71 bits per heavy atom. The summed E-state index contributed by atoms with van der Waals surface area (Å²) in [6.07, 6.45) is 0.263. The molecule has 1 saturated heterocycles. The first kappa shape index (κ1) is 30.3. The van der Waals surface area contributed by atoms with E-state index in [4.69, 9.17) is 24.3 Å². The molecule has 2 unspecified atom stereocenters. The van der Waals surface area contributed by atoms with E-state index in [0.29, 0.717) is 11.9 Å². The highest BCUT2D eigenvalue weighted by Crippen LogP contribution is 2.68. The van der Waals surface area contributed by atoms with Gasteiger partial charge >= 0.3 is 13.7 Å². The number of esters is 1. The lowest BCUT2D eigenvalue weighted by Crippen LogP contribution is -2.38. The standard InChI is InChI=1S/C27H35FN5O8P/c1-3-4-5-9-14-38-24(35)17(2)32-42(37,40-18-10-7-6-8-11-18)41-25-26(15-28)27(25,36)22(34)21(39-26)19-12-13-20-23(29)30-16-31-33(19)20/h6-8,10-13,16-17,21-22,25,34,36H,3-5,9,14-15H2,1-2H3,(H,32,37)(H2,29,30,31)/t17-,21-,22-,25?,26+,27+,42?/m0/s1. The van der Waals surface area contributed by atoms with E-state index in [9.17, 15) is 24.0 Å². The molecule has 1 aromatic carbocycles. The Bertz CT molecular complexity index is 1460. The van der Waals surface area contributed by atoms with E-state index in [-0.39, 0.29) is 23.9 Å². The molecule has 0 amide bonds. The Balaban J connectivity index is 1.35. The number of nitrogens with two attached hydrogens (primary N) is 1. The summed E-state index contributed by atoms with van der Waals surface area (Å²) in [5.41, 5.74) is 2.21. The van der Waals surface area contributed by atoms with Crippen molar-refractivity contribution in [2.75, 3.05) is 19.0 Å². The van der Waals surface area contributed by atoms with Gasteiger partial charge in [0.05, 0.1) is 12.3 Å². The number of nitrogen functional groups attached to an aromatic ring is 1. The molecule has 0 bridgehead atoms. The molecule has 42 heavy (non-hydrogen) atoms. The number of unbranched alkanes of at least 4 members (excludes halogenated alkanes) is 3. The van der Waals surface area contributed by atoms with Crippen LogP contribution in [0.25, 0.3) is 5.52 Å². The number of aromatic nitrogens is 3. The number of carbonyl (C=O) groups excluding carboxylic acids is 1. The molecule has 1 saturated carbocycles. The van der Waals surface area contributed by atoms with E-state index in [1.54, 1.807) is 30.3 Å². The van der Waals surface area contributed by atoms with Gasteiger partial charge in [-0.05, 0) is 37.6 Å². The maximum absolute atomic E-state index is 14.7. The van der Waals surface area contributed by atoms with Gasteiger partial charge in [-0.1, -0.05) is 44.4 Å². The summed E-state index contributed by atoms with van der Waals surface area (Å²) in [6, 6.07) is 9.99. The minimum atomic E-state index is -4.51. The molecule has 2 aromatic heterocycles. The van der Waals surface area contributed by atoms with Crippen molar-refractivity contribution < 1.29 is 42.5 Å². The average molecular weight is 608 g/mol. The van der Waals surface area contributed by atoms with E-state index in [0.717, 1.165) is 19.3 Å². The van der Waals surface area contributed by atoms with Gasteiger partial charge in [0.15, 0.2) is 17.0 Å². The molecule has 5 rings (SSSR count). The molecule has 0 spiro atoms. The van der Waals surface area contributed by atoms with Gasteiger partial charge in [0, 0.05) is 0 Å². The number of hydrogen-bond donors (Lipinski definition) is 4. The maximum atomic E-state index is 14.7. The molecule has 0 radical (unpaired) electrons. The monoisotopic (exact) mass is 607 g/mol. The van der Waals surface area contributed by atoms with Gasteiger partial charge in [-0.2, -0.15) is 10.2 Å². The molecular formula is C27H35FN5O8P. The van der Waals surface area contributed by atoms with Crippen molar-refractivity contribution in [1.29, 1.82) is 0 Å². The number of rotatable bonds is 14. The first-order chi connectivity index (χ1) is 20.1. The third-order valence-electron chi connectivity index (χ3n) is 7.65. The van der Waals surface area contributed by atoms with E-state index < -0.39 is 55.9 Å². The number of hydrogen-bond acceptors (Lipinski definition) is 11. The van der Waals surface area contributed by atoms with Crippen LogP contribution in [-0.4, -0.2) is 73.5 Å². The van der Waals surface area contributed by atoms with Crippen LogP contribution in [0, 0.1) is 0 Å². The maximum Gasteiger partial charge on any atom is 0.459 e. The molecular weight excluding hydrogens is 572 g/mol. The highest BCUT2D eigenvalue weighted by atomic mass is 31.2. The van der Waals surface area contributed by atoms with Crippen molar-refractivity contribution in [3.05, 3.63) is 54.5 Å². The van der Waals surface area contributed by atoms with Crippen LogP contribution in [0.4, 0.5) is 10.2 Å². The van der Waals surface area contributed by atoms with Gasteiger partial charge in [-0.15, -0.1) is 0 Å². The zero-order valence-corrected chi connectivity index (χ0v) is 24.2. The second kappa shape index (κ2) is 11.9. The average Bonchev–Trinajstić information content (AvgIpc) is 3.22. The minimum Gasteiger partial charge on any atom is -0.465 e. The quantitative estimate of drug-likeness (QED) is 0.120. The van der Waals surface area contributed by atoms with E-state index in [2.05, 4.69) is 22.1 Å². The van der Waals surface area contributed by atoms with Gasteiger partial charge in [0.25, 0.3) is 0 Å². The summed E-state index contributed by atoms with van der Waals surface area (Å²) in [5, 5.41) is 29.3. The van der Waals surface area contributed by atoms with Crippen LogP contribution in [-0.2, 0) is 23.4 Å². The van der Waals surface area contributed by atoms with Crippen molar-refractivity contribution in [2.24, 2.45) is 0 Å². The summed E-state index contributed by atoms with van der Waals surface area (Å²) >= 11 is 0. The number of nitrogens with zero attached hydrogens (tertiary/aromatic N) is 3. The lowest BCUT2D eigenvalue weighted by molar-refractivity contribution is -0.145. The number of ether oxygens (including phenoxy) is 2. The molecule has 2 fully saturated rings. The first-order valence-electron chi connectivity index (χ1n) is 13.8. The number of anilines is 1. The predicted molar refractivity (Wildman–Crippen MR) is 148 cm³/mol. The fourth-order valence-electron chi connectivity index (χ4n) is 5.30. The lowest BCUT2D eigenvalue weighted by Gasteiger charge is -2.27. The number of fused-ring (bicyclic) bond motifs is 2. The predicted octanol–water partition coefficient (Wildman–Crippen LogP) is 2.87. The Morgan fingerprint density at radius 1 is 1.26 bits per heavy atom. The molecule has 7 atom stereocenters. The van der Waals surface area contributed by atoms with Crippen LogP contribution in [0.3, 0.4) is 0 Å². The summed E-state index contributed by atoms with van der Waals surface area (Å²) in [7, 11) is -4.51. The normalized spacial score (nSPS) is 28.6. The number of nitrogens with one attached hydrogen (secondary N) is 1. The fourth-order valence-corrected chi connectivity index (χ4v) is 7.05. The third kappa shape index (κ3) is 5.27. The molecule has 2 aliphatic rings. The molecule has 3 aromatic rings. The van der Waals surface area contributed by atoms with Crippen LogP contribution in [0.2, 0.25) is 0 Å². The Hall–Kier alpha value is -3.13. The van der Waals surface area contributed by atoms with E-state index in [1.807, 2.05) is 0 Å².